The van der Waals surface area contributed by atoms with E-state index >= 15 is 0 Å². The van der Waals surface area contributed by atoms with E-state index in [2.05, 4.69) is 20.1 Å². The molecule has 0 saturated carbocycles. The number of pyridine rings is 2. The summed E-state index contributed by atoms with van der Waals surface area (Å²) in [5.41, 5.74) is 1.44. The van der Waals surface area contributed by atoms with Gasteiger partial charge in [-0.25, -0.2) is 19.6 Å². The molecule has 0 radical (unpaired) electrons. The van der Waals surface area contributed by atoms with Gasteiger partial charge in [0.25, 0.3) is 5.91 Å². The third kappa shape index (κ3) is 5.01. The van der Waals surface area contributed by atoms with Crippen LogP contribution < -0.4 is 10.5 Å². The average molecular weight is 458 g/mol. The SMILES string of the molecule is COc1ccc(/C(=C\n2cnc(-c3cc(C(F)(F)F)nc(C(F)(F)F)c3)n2)C(N)=O)cn1. The number of hydrogen-bond acceptors (Lipinski definition) is 6. The summed E-state index contributed by atoms with van der Waals surface area (Å²) in [4.78, 5) is 22.1. The molecule has 0 saturated heterocycles. The van der Waals surface area contributed by atoms with Gasteiger partial charge < -0.3 is 10.5 Å². The number of hydrogen-bond donors (Lipinski definition) is 1. The first-order valence-electron chi connectivity index (χ1n) is 8.48. The first-order chi connectivity index (χ1) is 14.9. The van der Waals surface area contributed by atoms with Crippen LogP contribution in [-0.4, -0.2) is 37.7 Å². The Bertz CT molecular complexity index is 1140. The van der Waals surface area contributed by atoms with Gasteiger partial charge in [-0.1, -0.05) is 0 Å². The molecule has 2 N–H and O–H groups in total. The molecule has 3 aromatic rings. The van der Waals surface area contributed by atoms with Crippen LogP contribution >= 0.6 is 0 Å². The van der Waals surface area contributed by atoms with Gasteiger partial charge >= 0.3 is 12.4 Å². The van der Waals surface area contributed by atoms with Gasteiger partial charge in [-0.2, -0.15) is 26.3 Å². The molecule has 3 aromatic heterocycles. The quantitative estimate of drug-likeness (QED) is 0.465. The number of alkyl halides is 6. The Hall–Kier alpha value is -3.97. The van der Waals surface area contributed by atoms with Crippen LogP contribution in [0.5, 0.6) is 5.88 Å². The van der Waals surface area contributed by atoms with Crippen LogP contribution in [0.2, 0.25) is 0 Å². The van der Waals surface area contributed by atoms with Gasteiger partial charge in [0.1, 0.15) is 17.7 Å². The number of nitrogens with zero attached hydrogens (tertiary/aromatic N) is 5. The molecule has 0 aliphatic heterocycles. The minimum Gasteiger partial charge on any atom is -0.481 e. The van der Waals surface area contributed by atoms with Crippen molar-refractivity contribution in [3.8, 4) is 17.3 Å². The summed E-state index contributed by atoms with van der Waals surface area (Å²) in [6.07, 6.45) is -6.89. The molecule has 3 rings (SSSR count). The molecule has 3 heterocycles. The van der Waals surface area contributed by atoms with Gasteiger partial charge in [0, 0.05) is 29.6 Å². The minimum absolute atomic E-state index is 0.0988. The van der Waals surface area contributed by atoms with E-state index in [1.54, 1.807) is 0 Å². The molecule has 0 aliphatic rings. The van der Waals surface area contributed by atoms with Gasteiger partial charge in [-0.3, -0.25) is 4.79 Å². The molecule has 32 heavy (non-hydrogen) atoms. The zero-order valence-electron chi connectivity index (χ0n) is 15.9. The van der Waals surface area contributed by atoms with Crippen LogP contribution in [0.15, 0.2) is 36.8 Å². The van der Waals surface area contributed by atoms with Crippen molar-refractivity contribution in [2.45, 2.75) is 12.4 Å². The van der Waals surface area contributed by atoms with Crippen molar-refractivity contribution in [3.05, 3.63) is 53.7 Å². The number of rotatable bonds is 5. The van der Waals surface area contributed by atoms with E-state index in [0.29, 0.717) is 12.1 Å². The van der Waals surface area contributed by atoms with Crippen molar-refractivity contribution >= 4 is 17.7 Å². The number of carbonyl (C=O) groups is 1. The number of ether oxygens (including phenoxy) is 1. The lowest BCUT2D eigenvalue weighted by atomic mass is 10.1. The second-order valence-corrected chi connectivity index (χ2v) is 6.17. The lowest BCUT2D eigenvalue weighted by Crippen LogP contribution is -2.15. The van der Waals surface area contributed by atoms with Crippen molar-refractivity contribution in [1.29, 1.82) is 0 Å². The molecule has 0 spiro atoms. The largest absolute Gasteiger partial charge is 0.481 e. The van der Waals surface area contributed by atoms with Crippen molar-refractivity contribution in [2.24, 2.45) is 5.73 Å². The molecular weight excluding hydrogens is 446 g/mol. The molecule has 8 nitrogen and oxygen atoms in total. The molecule has 0 bridgehead atoms. The third-order valence-electron chi connectivity index (χ3n) is 3.96. The van der Waals surface area contributed by atoms with Crippen LogP contribution in [0.4, 0.5) is 26.3 Å². The smallest absolute Gasteiger partial charge is 0.433 e. The molecule has 0 aromatic carbocycles. The van der Waals surface area contributed by atoms with Gasteiger partial charge in [0.05, 0.1) is 12.7 Å². The molecule has 0 unspecified atom stereocenters. The first kappa shape index (κ1) is 22.7. The van der Waals surface area contributed by atoms with Crippen LogP contribution in [0, 0.1) is 0 Å². The number of halogens is 6. The van der Waals surface area contributed by atoms with E-state index in [-0.39, 0.29) is 17.0 Å². The van der Waals surface area contributed by atoms with Crippen molar-refractivity contribution in [1.82, 2.24) is 24.7 Å². The van der Waals surface area contributed by atoms with Gasteiger partial charge in [0.2, 0.25) is 5.88 Å². The zero-order valence-corrected chi connectivity index (χ0v) is 15.9. The average Bonchev–Trinajstić information content (AvgIpc) is 3.19. The summed E-state index contributed by atoms with van der Waals surface area (Å²) < 4.78 is 83.9. The maximum atomic E-state index is 13.0. The molecule has 14 heteroatoms. The maximum absolute atomic E-state index is 13.0. The number of methoxy groups -OCH3 is 1. The number of amides is 1. The van der Waals surface area contributed by atoms with E-state index in [9.17, 15) is 31.1 Å². The predicted octanol–water partition coefficient (Wildman–Crippen LogP) is 3.26. The van der Waals surface area contributed by atoms with Gasteiger partial charge in [-0.05, 0) is 18.2 Å². The highest BCUT2D eigenvalue weighted by Crippen LogP contribution is 2.35. The molecular formula is C18H12F6N6O2. The number of carbonyl (C=O) groups excluding carboxylic acids is 1. The fraction of sp³-hybridized carbons (Fsp3) is 0.167. The fourth-order valence-corrected chi connectivity index (χ4v) is 2.49. The second kappa shape index (κ2) is 8.28. The number of primary amides is 1. The van der Waals surface area contributed by atoms with E-state index in [1.807, 2.05) is 0 Å². The van der Waals surface area contributed by atoms with Gasteiger partial charge in [0.15, 0.2) is 5.82 Å². The molecule has 168 valence electrons. The summed E-state index contributed by atoms with van der Waals surface area (Å²) in [5.74, 6) is -1.09. The van der Waals surface area contributed by atoms with Crippen molar-refractivity contribution < 1.29 is 35.9 Å². The monoisotopic (exact) mass is 458 g/mol. The Labute approximate surface area is 175 Å². The normalized spacial score (nSPS) is 12.7. The van der Waals surface area contributed by atoms with Crippen LogP contribution in [0.25, 0.3) is 23.2 Å². The highest BCUT2D eigenvalue weighted by Gasteiger charge is 2.39. The lowest BCUT2D eigenvalue weighted by molar-refractivity contribution is -0.150. The summed E-state index contributed by atoms with van der Waals surface area (Å²) in [5, 5.41) is 3.82. The fourth-order valence-electron chi connectivity index (χ4n) is 2.49. The number of aromatic nitrogens is 5. The predicted molar refractivity (Wildman–Crippen MR) is 97.4 cm³/mol. The molecule has 0 aliphatic carbocycles. The maximum Gasteiger partial charge on any atom is 0.433 e. The Balaban J connectivity index is 2.04. The summed E-state index contributed by atoms with van der Waals surface area (Å²) in [6.45, 7) is 0. The summed E-state index contributed by atoms with van der Waals surface area (Å²) in [7, 11) is 1.39. The second-order valence-electron chi connectivity index (χ2n) is 6.17. The van der Waals surface area contributed by atoms with Crippen molar-refractivity contribution in [2.75, 3.05) is 7.11 Å². The highest BCUT2D eigenvalue weighted by molar-refractivity contribution is 6.22. The van der Waals surface area contributed by atoms with E-state index in [1.165, 1.54) is 25.4 Å². The molecule has 0 atom stereocenters. The third-order valence-corrected chi connectivity index (χ3v) is 3.96. The minimum atomic E-state index is -5.13. The topological polar surface area (TPSA) is 109 Å². The van der Waals surface area contributed by atoms with E-state index in [4.69, 9.17) is 10.5 Å². The Morgan fingerprint density at radius 3 is 2.16 bits per heavy atom. The first-order valence-corrected chi connectivity index (χ1v) is 8.48. The standard InChI is InChI=1S/C18H12F6N6O2/c1-32-14-3-2-9(6-26-14)11(15(25)31)7-30-8-27-16(29-30)10-4-12(17(19,20)21)28-13(5-10)18(22,23)24/h2-8H,1H3,(H2,25,31)/b11-7+. The summed E-state index contributed by atoms with van der Waals surface area (Å²) >= 11 is 0. The molecule has 0 fully saturated rings. The van der Waals surface area contributed by atoms with Crippen LogP contribution in [0.3, 0.4) is 0 Å². The van der Waals surface area contributed by atoms with Gasteiger partial charge in [-0.15, -0.1) is 5.10 Å². The van der Waals surface area contributed by atoms with E-state index < -0.39 is 41.0 Å². The van der Waals surface area contributed by atoms with Crippen LogP contribution in [0.1, 0.15) is 17.0 Å². The highest BCUT2D eigenvalue weighted by atomic mass is 19.4. The summed E-state index contributed by atoms with van der Waals surface area (Å²) in [6, 6.07) is 3.70. The lowest BCUT2D eigenvalue weighted by Gasteiger charge is -2.11. The van der Waals surface area contributed by atoms with Crippen molar-refractivity contribution in [3.63, 3.8) is 0 Å². The van der Waals surface area contributed by atoms with E-state index in [0.717, 1.165) is 17.2 Å². The Morgan fingerprint density at radius 1 is 1.06 bits per heavy atom. The Kier molecular flexibility index (Phi) is 5.88. The molecule has 1 amide bonds. The number of nitrogens with two attached hydrogens (primary N) is 1. The zero-order chi connectivity index (χ0) is 23.7. The Morgan fingerprint density at radius 2 is 1.69 bits per heavy atom. The van der Waals surface area contributed by atoms with Crippen LogP contribution in [-0.2, 0) is 17.1 Å².